The minimum absolute atomic E-state index is 0. The molecule has 0 bridgehead atoms. The van der Waals surface area contributed by atoms with E-state index in [4.69, 9.17) is 16.5 Å². The van der Waals surface area contributed by atoms with E-state index < -0.39 is 0 Å². The van der Waals surface area contributed by atoms with Crippen LogP contribution in [0.1, 0.15) is 52.7 Å². The molecule has 0 spiro atoms. The average molecular weight is 973 g/mol. The number of pyridine rings is 2. The maximum absolute atomic E-state index is 11.1. The number of nitrogens with zero attached hydrogens (tertiary/aromatic N) is 4. The first kappa shape index (κ1) is 41.1. The van der Waals surface area contributed by atoms with Gasteiger partial charge in [0, 0.05) is 66.2 Å². The van der Waals surface area contributed by atoms with Crippen LogP contribution in [-0.4, -0.2) is 19.6 Å². The van der Waals surface area contributed by atoms with Crippen molar-refractivity contribution < 1.29 is 26.2 Å². The molecular formula is C55H45N4OPt-. The molecule has 1 N–H and O–H groups in total. The Labute approximate surface area is 372 Å². The van der Waals surface area contributed by atoms with E-state index in [1.54, 1.807) is 18.2 Å². The Hall–Kier alpha value is -6.60. The molecule has 0 aliphatic carbocycles. The van der Waals surface area contributed by atoms with Crippen molar-refractivity contribution in [2.45, 2.75) is 52.4 Å². The molecule has 0 amide bonds. The Balaban J connectivity index is 0.00000514. The Kier molecular flexibility index (Phi) is 10.9. The van der Waals surface area contributed by atoms with Crippen LogP contribution in [-0.2, 0) is 31.9 Å². The monoisotopic (exact) mass is 972 g/mol. The first-order chi connectivity index (χ1) is 28.9. The molecule has 0 unspecified atom stereocenters. The SMILES string of the molecule is [C-]#[N+]c1ccc(O)c(-c2cc(-c3cc(C(C)(C)C)cc(C(C)(C)C)c3)cc(-c3[c-]c(-c4cc(-c5cccc6c7ccccc7n(-c7ccccc7)c56)ccn4)ccc3)n2)c1.[Pt]. The van der Waals surface area contributed by atoms with Crippen LogP contribution in [0.2, 0.25) is 0 Å². The molecule has 302 valence electrons. The molecule has 6 heteroatoms. The summed E-state index contributed by atoms with van der Waals surface area (Å²) in [6.07, 6.45) is 1.87. The predicted octanol–water partition coefficient (Wildman–Crippen LogP) is 14.6. The van der Waals surface area contributed by atoms with Crippen molar-refractivity contribution in [3.63, 3.8) is 0 Å². The predicted molar refractivity (Wildman–Crippen MR) is 248 cm³/mol. The van der Waals surface area contributed by atoms with Gasteiger partial charge in [0.15, 0.2) is 5.69 Å². The van der Waals surface area contributed by atoms with Crippen LogP contribution in [0.4, 0.5) is 5.69 Å². The number of hydrogen-bond donors (Lipinski definition) is 1. The van der Waals surface area contributed by atoms with Gasteiger partial charge in [-0.05, 0) is 81.1 Å². The average Bonchev–Trinajstić information content (AvgIpc) is 3.61. The fraction of sp³-hybridized carbons (Fsp3) is 0.145. The molecule has 0 radical (unpaired) electrons. The van der Waals surface area contributed by atoms with Gasteiger partial charge in [-0.1, -0.05) is 144 Å². The van der Waals surface area contributed by atoms with E-state index in [1.165, 1.54) is 21.9 Å². The normalized spacial score (nSPS) is 11.7. The molecule has 3 heterocycles. The van der Waals surface area contributed by atoms with Crippen molar-refractivity contribution >= 4 is 27.5 Å². The number of hydrogen-bond acceptors (Lipinski definition) is 3. The number of aromatic nitrogens is 3. The largest absolute Gasteiger partial charge is 0.507 e. The van der Waals surface area contributed by atoms with Crippen LogP contribution < -0.4 is 0 Å². The van der Waals surface area contributed by atoms with Crippen LogP contribution in [0, 0.1) is 12.6 Å². The second-order valence-corrected chi connectivity index (χ2v) is 17.5. The van der Waals surface area contributed by atoms with Crippen LogP contribution in [0.3, 0.4) is 0 Å². The molecule has 61 heavy (non-hydrogen) atoms. The van der Waals surface area contributed by atoms with Crippen molar-refractivity contribution in [1.82, 2.24) is 14.5 Å². The van der Waals surface area contributed by atoms with Gasteiger partial charge < -0.3 is 9.67 Å². The number of rotatable bonds is 6. The standard InChI is InChI=1S/C55H45N4O.Pt/c1-54(2,3)40-28-38(29-41(33-40)55(4,5)6)39-31-49(58-50(32-39)47-34-42(56-7)23-24-52(47)60)37-16-13-15-36(27-37)48-30-35(25-26-57-48)44-20-14-21-46-45-19-11-12-22-51(45)59(53(44)46)43-17-9-8-10-18-43;/h8-26,28-34,60H,1-6H3;/q-1;. The number of aromatic hydroxyl groups is 1. The summed E-state index contributed by atoms with van der Waals surface area (Å²) in [6, 6.07) is 55.5. The van der Waals surface area contributed by atoms with E-state index in [1.807, 2.05) is 30.5 Å². The van der Waals surface area contributed by atoms with Gasteiger partial charge in [0.1, 0.15) is 5.75 Å². The van der Waals surface area contributed by atoms with Gasteiger partial charge in [-0.2, -0.15) is 0 Å². The van der Waals surface area contributed by atoms with Crippen molar-refractivity contribution in [2.24, 2.45) is 0 Å². The number of phenolic OH excluding ortho intramolecular Hbond substituents is 1. The van der Waals surface area contributed by atoms with Crippen molar-refractivity contribution in [3.05, 3.63) is 186 Å². The Morgan fingerprint density at radius 2 is 1.20 bits per heavy atom. The third-order valence-electron chi connectivity index (χ3n) is 11.3. The zero-order valence-electron chi connectivity index (χ0n) is 35.1. The van der Waals surface area contributed by atoms with E-state index in [-0.39, 0.29) is 37.6 Å². The van der Waals surface area contributed by atoms with Crippen LogP contribution in [0.15, 0.2) is 158 Å². The van der Waals surface area contributed by atoms with E-state index in [0.717, 1.165) is 55.8 Å². The van der Waals surface area contributed by atoms with E-state index >= 15 is 0 Å². The molecule has 5 nitrogen and oxygen atoms in total. The van der Waals surface area contributed by atoms with E-state index in [2.05, 4.69) is 166 Å². The molecule has 0 aliphatic rings. The minimum atomic E-state index is -0.0791. The van der Waals surface area contributed by atoms with Gasteiger partial charge in [0.25, 0.3) is 0 Å². The molecule has 0 atom stereocenters. The summed E-state index contributed by atoms with van der Waals surface area (Å²) in [5, 5.41) is 13.5. The summed E-state index contributed by atoms with van der Waals surface area (Å²) in [5.74, 6) is 0.0666. The summed E-state index contributed by atoms with van der Waals surface area (Å²) in [7, 11) is 0. The summed E-state index contributed by atoms with van der Waals surface area (Å²) < 4.78 is 2.36. The van der Waals surface area contributed by atoms with Crippen molar-refractivity contribution in [2.75, 3.05) is 0 Å². The van der Waals surface area contributed by atoms with Gasteiger partial charge in [-0.25, -0.2) is 4.85 Å². The molecule has 9 rings (SSSR count). The Bertz CT molecular complexity index is 3110. The summed E-state index contributed by atoms with van der Waals surface area (Å²) >= 11 is 0. The zero-order chi connectivity index (χ0) is 41.8. The third kappa shape index (κ3) is 7.93. The van der Waals surface area contributed by atoms with Crippen molar-refractivity contribution in [1.29, 1.82) is 0 Å². The number of phenols is 1. The molecule has 0 saturated carbocycles. The Morgan fingerprint density at radius 1 is 0.574 bits per heavy atom. The third-order valence-corrected chi connectivity index (χ3v) is 11.3. The molecule has 6 aromatic carbocycles. The minimum Gasteiger partial charge on any atom is -0.507 e. The van der Waals surface area contributed by atoms with Gasteiger partial charge in [-0.3, -0.25) is 9.97 Å². The quantitative estimate of drug-likeness (QED) is 0.169. The van der Waals surface area contributed by atoms with Crippen LogP contribution in [0.5, 0.6) is 5.75 Å². The zero-order valence-corrected chi connectivity index (χ0v) is 37.3. The molecule has 9 aromatic rings. The first-order valence-electron chi connectivity index (χ1n) is 20.3. The number of para-hydroxylation sites is 3. The number of fused-ring (bicyclic) bond motifs is 3. The fourth-order valence-corrected chi connectivity index (χ4v) is 8.04. The molecule has 0 saturated heterocycles. The van der Waals surface area contributed by atoms with Crippen LogP contribution >= 0.6 is 0 Å². The smallest absolute Gasteiger partial charge is 0.188 e. The molecular weight excluding hydrogens is 928 g/mol. The second kappa shape index (κ2) is 16.1. The summed E-state index contributed by atoms with van der Waals surface area (Å²) in [6.45, 7) is 21.1. The molecule has 0 fully saturated rings. The summed E-state index contributed by atoms with van der Waals surface area (Å²) in [4.78, 5) is 13.7. The summed E-state index contributed by atoms with van der Waals surface area (Å²) in [5.41, 5.74) is 14.5. The fourth-order valence-electron chi connectivity index (χ4n) is 8.04. The molecule has 0 aliphatic heterocycles. The molecule has 3 aromatic heterocycles. The first-order valence-corrected chi connectivity index (χ1v) is 20.3. The topological polar surface area (TPSA) is 55.3 Å². The van der Waals surface area contributed by atoms with Gasteiger partial charge in [0.2, 0.25) is 0 Å². The van der Waals surface area contributed by atoms with Crippen LogP contribution in [0.25, 0.3) is 88.4 Å². The van der Waals surface area contributed by atoms with E-state index in [9.17, 15) is 5.11 Å². The van der Waals surface area contributed by atoms with Gasteiger partial charge in [0.05, 0.1) is 23.3 Å². The maximum atomic E-state index is 11.1. The Morgan fingerprint density at radius 3 is 1.92 bits per heavy atom. The maximum Gasteiger partial charge on any atom is 0.188 e. The van der Waals surface area contributed by atoms with Crippen molar-refractivity contribution in [3.8, 4) is 67.5 Å². The van der Waals surface area contributed by atoms with Gasteiger partial charge >= 0.3 is 0 Å². The second-order valence-electron chi connectivity index (χ2n) is 17.5. The van der Waals surface area contributed by atoms with E-state index in [0.29, 0.717) is 22.6 Å². The van der Waals surface area contributed by atoms with Gasteiger partial charge in [-0.15, -0.1) is 24.3 Å². The number of benzene rings is 6.